The first-order valence-electron chi connectivity index (χ1n) is 11.0. The summed E-state index contributed by atoms with van der Waals surface area (Å²) in [5, 5.41) is 4.56. The van der Waals surface area contributed by atoms with E-state index in [1.165, 1.54) is 5.69 Å². The fraction of sp³-hybridized carbons (Fsp3) is 0.360. The maximum Gasteiger partial charge on any atom is 0.234 e. The number of para-hydroxylation sites is 2. The minimum Gasteiger partial charge on any atom is -0.457 e. The first-order valence-corrected chi connectivity index (χ1v) is 11.0. The summed E-state index contributed by atoms with van der Waals surface area (Å²) in [7, 11) is 0. The molecule has 160 valence electrons. The predicted molar refractivity (Wildman–Crippen MR) is 120 cm³/mol. The number of rotatable bonds is 4. The van der Waals surface area contributed by atoms with Crippen molar-refractivity contribution in [2.24, 2.45) is 0 Å². The van der Waals surface area contributed by atoms with Crippen LogP contribution in [0.25, 0.3) is 0 Å². The molecule has 6 heteroatoms. The lowest BCUT2D eigenvalue weighted by Crippen LogP contribution is -2.50. The zero-order valence-corrected chi connectivity index (χ0v) is 18.1. The third-order valence-corrected chi connectivity index (χ3v) is 6.34. The van der Waals surface area contributed by atoms with Gasteiger partial charge in [-0.2, -0.15) is 5.10 Å². The highest BCUT2D eigenvalue weighted by Crippen LogP contribution is 2.44. The van der Waals surface area contributed by atoms with E-state index in [2.05, 4.69) is 27.7 Å². The molecule has 0 atom stereocenters. The van der Waals surface area contributed by atoms with Crippen molar-refractivity contribution in [2.45, 2.75) is 26.3 Å². The summed E-state index contributed by atoms with van der Waals surface area (Å²) in [5.41, 5.74) is 4.17. The van der Waals surface area contributed by atoms with Gasteiger partial charge in [0.25, 0.3) is 0 Å². The van der Waals surface area contributed by atoms with Gasteiger partial charge in [-0.1, -0.05) is 36.4 Å². The Balaban J connectivity index is 1.27. The third kappa shape index (κ3) is 3.83. The summed E-state index contributed by atoms with van der Waals surface area (Å²) in [6, 6.07) is 17.9. The standard InChI is InChI=1S/C25H28N4O2/c1-18-17-19(2)29(26-18)16-13-27-11-14-28(15-12-27)25(30)24-20-7-3-5-9-22(20)31-23-10-6-4-8-21(23)24/h3-10,17,24H,11-16H2,1-2H3. The van der Waals surface area contributed by atoms with Crippen LogP contribution in [-0.4, -0.2) is 58.2 Å². The summed E-state index contributed by atoms with van der Waals surface area (Å²) >= 11 is 0. The third-order valence-electron chi connectivity index (χ3n) is 6.34. The molecule has 0 aliphatic carbocycles. The van der Waals surface area contributed by atoms with Gasteiger partial charge in [0.05, 0.1) is 18.2 Å². The fourth-order valence-electron chi connectivity index (χ4n) is 4.69. The van der Waals surface area contributed by atoms with Crippen molar-refractivity contribution in [2.75, 3.05) is 32.7 Å². The second-order valence-electron chi connectivity index (χ2n) is 8.43. The molecule has 2 aliphatic heterocycles. The van der Waals surface area contributed by atoms with Crippen molar-refractivity contribution in [3.8, 4) is 11.5 Å². The number of carbonyl (C=O) groups excluding carboxylic acids is 1. The van der Waals surface area contributed by atoms with E-state index in [0.717, 1.165) is 67.6 Å². The van der Waals surface area contributed by atoms with Crippen molar-refractivity contribution in [1.82, 2.24) is 19.6 Å². The Bertz CT molecular complexity index is 1050. The van der Waals surface area contributed by atoms with Crippen molar-refractivity contribution in [3.05, 3.63) is 77.1 Å². The van der Waals surface area contributed by atoms with Gasteiger partial charge in [-0.15, -0.1) is 0 Å². The van der Waals surface area contributed by atoms with Gasteiger partial charge in [0.2, 0.25) is 5.91 Å². The quantitative estimate of drug-likeness (QED) is 0.652. The zero-order chi connectivity index (χ0) is 21.4. The molecule has 1 saturated heterocycles. The normalized spacial score (nSPS) is 16.5. The molecule has 0 saturated carbocycles. The average Bonchev–Trinajstić information content (AvgIpc) is 3.12. The van der Waals surface area contributed by atoms with Crippen LogP contribution in [0.5, 0.6) is 11.5 Å². The Morgan fingerprint density at radius 3 is 2.13 bits per heavy atom. The number of hydrogen-bond donors (Lipinski definition) is 0. The number of fused-ring (bicyclic) bond motifs is 2. The van der Waals surface area contributed by atoms with Crippen molar-refractivity contribution in [3.63, 3.8) is 0 Å². The van der Waals surface area contributed by atoms with Crippen LogP contribution in [0.4, 0.5) is 0 Å². The van der Waals surface area contributed by atoms with Crippen molar-refractivity contribution >= 4 is 5.91 Å². The Labute approximate surface area is 183 Å². The Morgan fingerprint density at radius 2 is 1.55 bits per heavy atom. The molecule has 1 amide bonds. The summed E-state index contributed by atoms with van der Waals surface area (Å²) in [4.78, 5) is 18.1. The number of aryl methyl sites for hydroxylation is 2. The Hall–Kier alpha value is -3.12. The highest BCUT2D eigenvalue weighted by molar-refractivity contribution is 5.89. The van der Waals surface area contributed by atoms with E-state index >= 15 is 0 Å². The number of carbonyl (C=O) groups is 1. The molecule has 2 aromatic carbocycles. The predicted octanol–water partition coefficient (Wildman–Crippen LogP) is 3.58. The van der Waals surface area contributed by atoms with Crippen LogP contribution in [0.15, 0.2) is 54.6 Å². The van der Waals surface area contributed by atoms with Gasteiger partial charge in [0, 0.05) is 49.5 Å². The fourth-order valence-corrected chi connectivity index (χ4v) is 4.69. The lowest BCUT2D eigenvalue weighted by atomic mass is 9.86. The molecule has 3 aromatic rings. The lowest BCUT2D eigenvalue weighted by molar-refractivity contribution is -0.133. The maximum absolute atomic E-state index is 13.6. The van der Waals surface area contributed by atoms with Gasteiger partial charge in [-0.3, -0.25) is 14.4 Å². The van der Waals surface area contributed by atoms with Crippen LogP contribution in [0.3, 0.4) is 0 Å². The molecule has 5 rings (SSSR count). The highest BCUT2D eigenvalue weighted by Gasteiger charge is 2.36. The molecule has 1 fully saturated rings. The van der Waals surface area contributed by atoms with Crippen LogP contribution in [-0.2, 0) is 11.3 Å². The summed E-state index contributed by atoms with van der Waals surface area (Å²) in [6.45, 7) is 9.23. The molecular formula is C25H28N4O2. The molecule has 3 heterocycles. The number of ether oxygens (including phenoxy) is 1. The molecule has 0 bridgehead atoms. The van der Waals surface area contributed by atoms with Crippen LogP contribution in [0.1, 0.15) is 28.4 Å². The summed E-state index contributed by atoms with van der Waals surface area (Å²) < 4.78 is 8.13. The highest BCUT2D eigenvalue weighted by atomic mass is 16.5. The van der Waals surface area contributed by atoms with Gasteiger partial charge in [0.15, 0.2) is 0 Å². The number of nitrogens with zero attached hydrogens (tertiary/aromatic N) is 4. The molecule has 0 radical (unpaired) electrons. The van der Waals surface area contributed by atoms with Gasteiger partial charge < -0.3 is 9.64 Å². The minimum atomic E-state index is -0.303. The van der Waals surface area contributed by atoms with Crippen molar-refractivity contribution < 1.29 is 9.53 Å². The first kappa shape index (κ1) is 19.8. The molecule has 0 N–H and O–H groups in total. The number of hydrogen-bond acceptors (Lipinski definition) is 4. The maximum atomic E-state index is 13.6. The molecule has 0 unspecified atom stereocenters. The largest absolute Gasteiger partial charge is 0.457 e. The summed E-state index contributed by atoms with van der Waals surface area (Å²) in [6.07, 6.45) is 0. The van der Waals surface area contributed by atoms with Gasteiger partial charge in [0.1, 0.15) is 11.5 Å². The monoisotopic (exact) mass is 416 g/mol. The van der Waals surface area contributed by atoms with E-state index in [-0.39, 0.29) is 11.8 Å². The van der Waals surface area contributed by atoms with Gasteiger partial charge in [-0.05, 0) is 32.0 Å². The smallest absolute Gasteiger partial charge is 0.234 e. The topological polar surface area (TPSA) is 50.6 Å². The van der Waals surface area contributed by atoms with Crippen LogP contribution >= 0.6 is 0 Å². The first-order chi connectivity index (χ1) is 15.1. The molecule has 6 nitrogen and oxygen atoms in total. The Kier molecular flexibility index (Phi) is 5.24. The number of amides is 1. The number of aromatic nitrogens is 2. The van der Waals surface area contributed by atoms with E-state index in [4.69, 9.17) is 4.74 Å². The average molecular weight is 417 g/mol. The molecular weight excluding hydrogens is 388 g/mol. The van der Waals surface area contributed by atoms with E-state index in [9.17, 15) is 4.79 Å². The zero-order valence-electron chi connectivity index (χ0n) is 18.1. The van der Waals surface area contributed by atoms with Gasteiger partial charge >= 0.3 is 0 Å². The van der Waals surface area contributed by atoms with E-state index < -0.39 is 0 Å². The van der Waals surface area contributed by atoms with E-state index in [1.54, 1.807) is 0 Å². The molecule has 1 aromatic heterocycles. The molecule has 0 spiro atoms. The SMILES string of the molecule is Cc1cc(C)n(CCN2CCN(C(=O)C3c4ccccc4Oc4ccccc43)CC2)n1. The van der Waals surface area contributed by atoms with E-state index in [0.29, 0.717) is 0 Å². The number of benzene rings is 2. The van der Waals surface area contributed by atoms with E-state index in [1.807, 2.05) is 60.4 Å². The Morgan fingerprint density at radius 1 is 0.935 bits per heavy atom. The lowest BCUT2D eigenvalue weighted by Gasteiger charge is -2.38. The second-order valence-corrected chi connectivity index (χ2v) is 8.43. The van der Waals surface area contributed by atoms with Crippen molar-refractivity contribution in [1.29, 1.82) is 0 Å². The minimum absolute atomic E-state index is 0.168. The second kappa shape index (κ2) is 8.19. The van der Waals surface area contributed by atoms with Crippen LogP contribution < -0.4 is 4.74 Å². The molecule has 31 heavy (non-hydrogen) atoms. The number of piperazine rings is 1. The van der Waals surface area contributed by atoms with Gasteiger partial charge in [-0.25, -0.2) is 0 Å². The van der Waals surface area contributed by atoms with Crippen LogP contribution in [0.2, 0.25) is 0 Å². The molecule has 2 aliphatic rings. The van der Waals surface area contributed by atoms with Crippen LogP contribution in [0, 0.1) is 13.8 Å². The summed E-state index contributed by atoms with van der Waals surface area (Å²) in [5.74, 6) is 1.43.